The number of fused-ring (bicyclic) bond motifs is 1. The fraction of sp³-hybridized carbons (Fsp3) is 0.211. The van der Waals surface area contributed by atoms with E-state index in [1.54, 1.807) is 18.2 Å². The monoisotopic (exact) mass is 369 g/mol. The van der Waals surface area contributed by atoms with E-state index in [-0.39, 0.29) is 11.5 Å². The average molecular weight is 369 g/mol. The minimum absolute atomic E-state index is 0.236. The summed E-state index contributed by atoms with van der Waals surface area (Å²) in [5.74, 6) is -0.792. The summed E-state index contributed by atoms with van der Waals surface area (Å²) in [4.78, 5) is 22.9. The first-order valence-electron chi connectivity index (χ1n) is 8.17. The highest BCUT2D eigenvalue weighted by molar-refractivity contribution is 7.22. The first-order chi connectivity index (χ1) is 12.6. The van der Waals surface area contributed by atoms with E-state index >= 15 is 0 Å². The lowest BCUT2D eigenvalue weighted by atomic mass is 10.1. The van der Waals surface area contributed by atoms with Crippen molar-refractivity contribution in [2.75, 3.05) is 25.1 Å². The molecule has 1 aliphatic rings. The molecule has 0 bridgehead atoms. The number of thiazole rings is 1. The molecule has 4 rings (SSSR count). The number of aromatic nitrogens is 2. The number of rotatable bonds is 4. The molecule has 0 saturated carbocycles. The van der Waals surface area contributed by atoms with Crippen molar-refractivity contribution in [2.45, 2.75) is 6.42 Å². The van der Waals surface area contributed by atoms with Gasteiger partial charge < -0.3 is 9.64 Å². The Morgan fingerprint density at radius 1 is 1.27 bits per heavy atom. The molecule has 0 saturated heterocycles. The van der Waals surface area contributed by atoms with Gasteiger partial charge in [0, 0.05) is 25.2 Å². The molecule has 1 aromatic carbocycles. The number of anilines is 1. The van der Waals surface area contributed by atoms with Crippen molar-refractivity contribution < 1.29 is 13.9 Å². The molecule has 5 nitrogen and oxygen atoms in total. The highest BCUT2D eigenvalue weighted by Crippen LogP contribution is 2.33. The highest BCUT2D eigenvalue weighted by atomic mass is 32.1. The molecular formula is C19H16FN3O2S. The van der Waals surface area contributed by atoms with Gasteiger partial charge in [-0.15, -0.1) is 0 Å². The zero-order valence-electron chi connectivity index (χ0n) is 14.1. The first-order valence-corrected chi connectivity index (χ1v) is 8.99. The molecule has 7 heteroatoms. The van der Waals surface area contributed by atoms with Crippen molar-refractivity contribution in [3.63, 3.8) is 0 Å². The third kappa shape index (κ3) is 3.17. The van der Waals surface area contributed by atoms with E-state index < -0.39 is 5.97 Å². The summed E-state index contributed by atoms with van der Waals surface area (Å²) in [7, 11) is 1.32. The fourth-order valence-electron chi connectivity index (χ4n) is 2.95. The number of hydrogen-bond acceptors (Lipinski definition) is 6. The molecule has 132 valence electrons. The molecule has 0 atom stereocenters. The van der Waals surface area contributed by atoms with Crippen LogP contribution < -0.4 is 4.90 Å². The van der Waals surface area contributed by atoms with Gasteiger partial charge in [-0.3, -0.25) is 0 Å². The van der Waals surface area contributed by atoms with Crippen LogP contribution in [0.1, 0.15) is 21.7 Å². The number of nitrogens with zero attached hydrogens (tertiary/aromatic N) is 3. The number of carbonyl (C=O) groups is 1. The van der Waals surface area contributed by atoms with E-state index in [0.29, 0.717) is 12.1 Å². The summed E-state index contributed by atoms with van der Waals surface area (Å²) < 4.78 is 19.6. The van der Waals surface area contributed by atoms with Crippen LogP contribution in [0.5, 0.6) is 0 Å². The lowest BCUT2D eigenvalue weighted by Gasteiger charge is -2.12. The quantitative estimate of drug-likeness (QED) is 0.520. The zero-order valence-corrected chi connectivity index (χ0v) is 14.9. The number of methoxy groups -OCH3 is 1. The van der Waals surface area contributed by atoms with Gasteiger partial charge in [-0.25, -0.2) is 19.2 Å². The van der Waals surface area contributed by atoms with Crippen LogP contribution in [0.15, 0.2) is 42.5 Å². The van der Waals surface area contributed by atoms with Gasteiger partial charge in [-0.05, 0) is 29.8 Å². The second kappa shape index (κ2) is 6.84. The molecule has 1 aliphatic heterocycles. The van der Waals surface area contributed by atoms with Crippen molar-refractivity contribution >= 4 is 32.7 Å². The normalized spacial score (nSPS) is 13.5. The summed E-state index contributed by atoms with van der Waals surface area (Å²) >= 11 is 1.49. The van der Waals surface area contributed by atoms with Crippen molar-refractivity contribution in [3.8, 4) is 0 Å². The number of halogens is 1. The predicted octanol–water partition coefficient (Wildman–Crippen LogP) is 3.58. The maximum atomic E-state index is 14.1. The second-order valence-corrected chi connectivity index (χ2v) is 6.98. The summed E-state index contributed by atoms with van der Waals surface area (Å²) in [6.45, 7) is 1.64. The Hall–Kier alpha value is -2.80. The summed E-state index contributed by atoms with van der Waals surface area (Å²) in [6.07, 6.45) is 4.58. The molecule has 0 N–H and O–H groups in total. The molecule has 0 aliphatic carbocycles. The van der Waals surface area contributed by atoms with E-state index in [0.717, 1.165) is 34.0 Å². The van der Waals surface area contributed by atoms with Gasteiger partial charge in [0.15, 0.2) is 5.13 Å². The molecule has 0 fully saturated rings. The Balaban J connectivity index is 1.70. The third-order valence-electron chi connectivity index (χ3n) is 4.19. The summed E-state index contributed by atoms with van der Waals surface area (Å²) in [5.41, 5.74) is 2.43. The molecule has 0 amide bonds. The molecule has 0 spiro atoms. The number of carbonyl (C=O) groups excluding carboxylic acids is 1. The maximum Gasteiger partial charge on any atom is 0.356 e. The van der Waals surface area contributed by atoms with Crippen LogP contribution in [0.3, 0.4) is 0 Å². The molecule has 3 aromatic rings. The average Bonchev–Trinajstić information content (AvgIpc) is 3.30. The van der Waals surface area contributed by atoms with Crippen LogP contribution in [0, 0.1) is 5.82 Å². The van der Waals surface area contributed by atoms with E-state index in [4.69, 9.17) is 9.72 Å². The van der Waals surface area contributed by atoms with E-state index in [1.165, 1.54) is 30.6 Å². The third-order valence-corrected chi connectivity index (χ3v) is 5.25. The Labute approximate surface area is 153 Å². The standard InChI is InChI=1S/C19H16FN3O2S/c1-25-18(24)15-6-4-5-14(21-15)10-12-9-13(20)11-16-17(12)22-19(26-16)23-7-2-3-8-23/h2-6,9,11H,7-8,10H2,1H3. The van der Waals surface area contributed by atoms with Gasteiger partial charge >= 0.3 is 5.97 Å². The molecule has 3 heterocycles. The van der Waals surface area contributed by atoms with Crippen LogP contribution in [0.25, 0.3) is 10.2 Å². The minimum atomic E-state index is -0.492. The molecule has 0 radical (unpaired) electrons. The van der Waals surface area contributed by atoms with Gasteiger partial charge in [-0.2, -0.15) is 0 Å². The number of benzene rings is 1. The van der Waals surface area contributed by atoms with Crippen molar-refractivity contribution in [2.24, 2.45) is 0 Å². The molecule has 26 heavy (non-hydrogen) atoms. The summed E-state index contributed by atoms with van der Waals surface area (Å²) in [5, 5.41) is 0.883. The number of pyridine rings is 1. The second-order valence-electron chi connectivity index (χ2n) is 5.97. The number of ether oxygens (including phenoxy) is 1. The predicted molar refractivity (Wildman–Crippen MR) is 99.3 cm³/mol. The minimum Gasteiger partial charge on any atom is -0.464 e. The van der Waals surface area contributed by atoms with Gasteiger partial charge in [0.25, 0.3) is 0 Å². The Morgan fingerprint density at radius 2 is 2.08 bits per heavy atom. The largest absolute Gasteiger partial charge is 0.464 e. The topological polar surface area (TPSA) is 55.3 Å². The zero-order chi connectivity index (χ0) is 18.1. The van der Waals surface area contributed by atoms with Crippen LogP contribution in [0.2, 0.25) is 0 Å². The van der Waals surface area contributed by atoms with E-state index in [1.807, 2.05) is 0 Å². The van der Waals surface area contributed by atoms with Crippen LogP contribution in [-0.4, -0.2) is 36.1 Å². The number of hydrogen-bond donors (Lipinski definition) is 0. The van der Waals surface area contributed by atoms with E-state index in [9.17, 15) is 9.18 Å². The highest BCUT2D eigenvalue weighted by Gasteiger charge is 2.17. The summed E-state index contributed by atoms with van der Waals surface area (Å²) in [6, 6.07) is 8.15. The van der Waals surface area contributed by atoms with Crippen LogP contribution >= 0.6 is 11.3 Å². The van der Waals surface area contributed by atoms with Crippen LogP contribution in [-0.2, 0) is 11.2 Å². The van der Waals surface area contributed by atoms with Crippen molar-refractivity contribution in [1.29, 1.82) is 0 Å². The van der Waals surface area contributed by atoms with Gasteiger partial charge in [-0.1, -0.05) is 29.6 Å². The van der Waals surface area contributed by atoms with Crippen LogP contribution in [0.4, 0.5) is 9.52 Å². The molecular weight excluding hydrogens is 353 g/mol. The lowest BCUT2D eigenvalue weighted by molar-refractivity contribution is 0.0593. The number of esters is 1. The molecule has 0 unspecified atom stereocenters. The fourth-order valence-corrected chi connectivity index (χ4v) is 4.00. The van der Waals surface area contributed by atoms with Crippen molar-refractivity contribution in [3.05, 3.63) is 65.3 Å². The van der Waals surface area contributed by atoms with Gasteiger partial charge in [0.2, 0.25) is 0 Å². The Kier molecular flexibility index (Phi) is 4.38. The van der Waals surface area contributed by atoms with Crippen molar-refractivity contribution in [1.82, 2.24) is 9.97 Å². The Bertz CT molecular complexity index is 1010. The smallest absolute Gasteiger partial charge is 0.356 e. The van der Waals surface area contributed by atoms with Gasteiger partial charge in [0.1, 0.15) is 11.5 Å². The van der Waals surface area contributed by atoms with Gasteiger partial charge in [0.05, 0.1) is 17.3 Å². The van der Waals surface area contributed by atoms with E-state index in [2.05, 4.69) is 22.0 Å². The Morgan fingerprint density at radius 3 is 2.85 bits per heavy atom. The lowest BCUT2D eigenvalue weighted by Crippen LogP contribution is -2.17. The maximum absolute atomic E-state index is 14.1. The first kappa shape index (κ1) is 16.7. The SMILES string of the molecule is COC(=O)c1cccc(Cc2cc(F)cc3sc(N4CC=CC4)nc23)n1. The molecule has 2 aromatic heterocycles.